The Kier molecular flexibility index (Phi) is 6.98. The first-order valence-electron chi connectivity index (χ1n) is 6.96. The lowest BCUT2D eigenvalue weighted by atomic mass is 10.1. The van der Waals surface area contributed by atoms with E-state index in [0.29, 0.717) is 12.1 Å². The summed E-state index contributed by atoms with van der Waals surface area (Å²) in [5.74, 6) is 0. The van der Waals surface area contributed by atoms with Gasteiger partial charge in [0.2, 0.25) is 0 Å². The molecule has 0 aliphatic carbocycles. The highest BCUT2D eigenvalue weighted by molar-refractivity contribution is 5.02. The molecule has 1 aromatic heterocycles. The molecule has 4 nitrogen and oxygen atoms in total. The van der Waals surface area contributed by atoms with Crippen LogP contribution in [0.15, 0.2) is 12.3 Å². The Labute approximate surface area is 111 Å². The molecule has 104 valence electrons. The van der Waals surface area contributed by atoms with E-state index in [1.807, 2.05) is 18.7 Å². The number of aromatic nitrogens is 2. The fourth-order valence-corrected chi connectivity index (χ4v) is 1.95. The Balaban J connectivity index is 2.36. The predicted molar refractivity (Wildman–Crippen MR) is 74.9 cm³/mol. The van der Waals surface area contributed by atoms with Gasteiger partial charge in [0.15, 0.2) is 0 Å². The molecule has 0 aliphatic heterocycles. The first-order valence-corrected chi connectivity index (χ1v) is 6.96. The van der Waals surface area contributed by atoms with Crippen molar-refractivity contribution in [1.29, 1.82) is 0 Å². The van der Waals surface area contributed by atoms with E-state index in [-0.39, 0.29) is 0 Å². The highest BCUT2D eigenvalue weighted by Crippen LogP contribution is 2.09. The standard InChI is InChI=1S/C14H27N3O/c1-5-18-10-6-7-13(15-4)11-14-8-9-17(16-14)12(2)3/h8-9,12-13,15H,5-7,10-11H2,1-4H3. The Morgan fingerprint density at radius 2 is 2.22 bits per heavy atom. The molecule has 0 bridgehead atoms. The molecule has 1 aromatic rings. The van der Waals surface area contributed by atoms with Crippen LogP contribution >= 0.6 is 0 Å². The second kappa shape index (κ2) is 8.27. The van der Waals surface area contributed by atoms with Gasteiger partial charge in [-0.15, -0.1) is 0 Å². The third kappa shape index (κ3) is 5.19. The van der Waals surface area contributed by atoms with Crippen LogP contribution in [0, 0.1) is 0 Å². The Bertz CT molecular complexity index is 323. The quantitative estimate of drug-likeness (QED) is 0.687. The average Bonchev–Trinajstić information content (AvgIpc) is 2.81. The first kappa shape index (κ1) is 15.2. The van der Waals surface area contributed by atoms with Crippen molar-refractivity contribution in [2.45, 2.75) is 52.1 Å². The van der Waals surface area contributed by atoms with Gasteiger partial charge >= 0.3 is 0 Å². The molecule has 0 fully saturated rings. The van der Waals surface area contributed by atoms with Crippen LogP contribution in [-0.2, 0) is 11.2 Å². The highest BCUT2D eigenvalue weighted by atomic mass is 16.5. The van der Waals surface area contributed by atoms with Crippen molar-refractivity contribution >= 4 is 0 Å². The van der Waals surface area contributed by atoms with Gasteiger partial charge in [-0.3, -0.25) is 4.68 Å². The molecule has 18 heavy (non-hydrogen) atoms. The number of hydrogen-bond donors (Lipinski definition) is 1. The van der Waals surface area contributed by atoms with Crippen molar-refractivity contribution in [3.8, 4) is 0 Å². The molecule has 1 rings (SSSR count). The van der Waals surface area contributed by atoms with Crippen molar-refractivity contribution < 1.29 is 4.74 Å². The predicted octanol–water partition coefficient (Wildman–Crippen LogP) is 2.41. The topological polar surface area (TPSA) is 39.1 Å². The Hall–Kier alpha value is -0.870. The summed E-state index contributed by atoms with van der Waals surface area (Å²) >= 11 is 0. The molecule has 0 aliphatic rings. The van der Waals surface area contributed by atoms with Gasteiger partial charge < -0.3 is 10.1 Å². The van der Waals surface area contributed by atoms with Crippen molar-refractivity contribution in [1.82, 2.24) is 15.1 Å². The summed E-state index contributed by atoms with van der Waals surface area (Å²) in [5.41, 5.74) is 1.17. The van der Waals surface area contributed by atoms with Crippen LogP contribution in [0.2, 0.25) is 0 Å². The molecule has 0 saturated carbocycles. The molecule has 1 N–H and O–H groups in total. The maximum absolute atomic E-state index is 5.37. The molecule has 0 spiro atoms. The third-order valence-corrected chi connectivity index (χ3v) is 3.10. The number of rotatable bonds is 9. The minimum atomic E-state index is 0.435. The number of ether oxygens (including phenoxy) is 1. The molecule has 1 heterocycles. The fourth-order valence-electron chi connectivity index (χ4n) is 1.95. The van der Waals surface area contributed by atoms with Crippen LogP contribution < -0.4 is 5.32 Å². The molecule has 0 saturated heterocycles. The van der Waals surface area contributed by atoms with E-state index in [1.165, 1.54) is 5.69 Å². The van der Waals surface area contributed by atoms with Crippen LogP contribution in [0.1, 0.15) is 45.3 Å². The van der Waals surface area contributed by atoms with E-state index in [4.69, 9.17) is 4.74 Å². The summed E-state index contributed by atoms with van der Waals surface area (Å²) in [7, 11) is 2.02. The first-order chi connectivity index (χ1) is 8.67. The highest BCUT2D eigenvalue weighted by Gasteiger charge is 2.10. The SMILES string of the molecule is CCOCCCC(Cc1ccn(C(C)C)n1)NC. The Morgan fingerprint density at radius 1 is 1.44 bits per heavy atom. The lowest BCUT2D eigenvalue weighted by molar-refractivity contribution is 0.141. The van der Waals surface area contributed by atoms with E-state index >= 15 is 0 Å². The minimum Gasteiger partial charge on any atom is -0.382 e. The smallest absolute Gasteiger partial charge is 0.0640 e. The maximum Gasteiger partial charge on any atom is 0.0640 e. The summed E-state index contributed by atoms with van der Waals surface area (Å²) in [6.07, 6.45) is 5.28. The van der Waals surface area contributed by atoms with Crippen LogP contribution in [0.3, 0.4) is 0 Å². The molecule has 0 aromatic carbocycles. The van der Waals surface area contributed by atoms with E-state index in [9.17, 15) is 0 Å². The van der Waals surface area contributed by atoms with Crippen molar-refractivity contribution in [2.24, 2.45) is 0 Å². The summed E-state index contributed by atoms with van der Waals surface area (Å²) in [4.78, 5) is 0. The maximum atomic E-state index is 5.37. The number of nitrogens with zero attached hydrogens (tertiary/aromatic N) is 2. The van der Waals surface area contributed by atoms with E-state index in [0.717, 1.165) is 32.5 Å². The zero-order valence-electron chi connectivity index (χ0n) is 12.1. The number of likely N-dealkylation sites (N-methyl/N-ethyl adjacent to an activating group) is 1. The molecular weight excluding hydrogens is 226 g/mol. The lowest BCUT2D eigenvalue weighted by Crippen LogP contribution is -2.28. The third-order valence-electron chi connectivity index (χ3n) is 3.10. The normalized spacial score (nSPS) is 13.2. The monoisotopic (exact) mass is 253 g/mol. The lowest BCUT2D eigenvalue weighted by Gasteiger charge is -2.14. The summed E-state index contributed by atoms with van der Waals surface area (Å²) < 4.78 is 7.38. The summed E-state index contributed by atoms with van der Waals surface area (Å²) in [5, 5.41) is 7.95. The average molecular weight is 253 g/mol. The number of nitrogens with one attached hydrogen (secondary N) is 1. The minimum absolute atomic E-state index is 0.435. The zero-order chi connectivity index (χ0) is 13.4. The summed E-state index contributed by atoms with van der Waals surface area (Å²) in [6.45, 7) is 8.00. The molecule has 4 heteroatoms. The van der Waals surface area contributed by atoms with Gasteiger partial charge in [-0.1, -0.05) is 0 Å². The van der Waals surface area contributed by atoms with Crippen molar-refractivity contribution in [3.63, 3.8) is 0 Å². The van der Waals surface area contributed by atoms with Gasteiger partial charge in [0.25, 0.3) is 0 Å². The molecule has 0 radical (unpaired) electrons. The van der Waals surface area contributed by atoms with Crippen LogP contribution in [0.4, 0.5) is 0 Å². The zero-order valence-corrected chi connectivity index (χ0v) is 12.1. The summed E-state index contributed by atoms with van der Waals surface area (Å²) in [6, 6.07) is 3.04. The van der Waals surface area contributed by atoms with Gasteiger partial charge in [-0.25, -0.2) is 0 Å². The van der Waals surface area contributed by atoms with Gasteiger partial charge in [0.1, 0.15) is 0 Å². The fraction of sp³-hybridized carbons (Fsp3) is 0.786. The van der Waals surface area contributed by atoms with Gasteiger partial charge in [0.05, 0.1) is 5.69 Å². The second-order valence-electron chi connectivity index (χ2n) is 4.91. The van der Waals surface area contributed by atoms with E-state index in [2.05, 4.69) is 36.5 Å². The van der Waals surface area contributed by atoms with Crippen molar-refractivity contribution in [2.75, 3.05) is 20.3 Å². The molecule has 1 atom stereocenters. The van der Waals surface area contributed by atoms with E-state index in [1.54, 1.807) is 0 Å². The van der Waals surface area contributed by atoms with Gasteiger partial charge in [-0.2, -0.15) is 5.10 Å². The van der Waals surface area contributed by atoms with Crippen molar-refractivity contribution in [3.05, 3.63) is 18.0 Å². The molecular formula is C14H27N3O. The Morgan fingerprint density at radius 3 is 2.78 bits per heavy atom. The largest absolute Gasteiger partial charge is 0.382 e. The van der Waals surface area contributed by atoms with Crippen LogP contribution in [-0.4, -0.2) is 36.1 Å². The van der Waals surface area contributed by atoms with Gasteiger partial charge in [0, 0.05) is 37.9 Å². The van der Waals surface area contributed by atoms with Gasteiger partial charge in [-0.05, 0) is 46.7 Å². The van der Waals surface area contributed by atoms with E-state index < -0.39 is 0 Å². The van der Waals surface area contributed by atoms with Crippen LogP contribution in [0.25, 0.3) is 0 Å². The molecule has 0 amide bonds. The molecule has 1 unspecified atom stereocenters. The number of hydrogen-bond acceptors (Lipinski definition) is 3. The van der Waals surface area contributed by atoms with Crippen LogP contribution in [0.5, 0.6) is 0 Å². The second-order valence-corrected chi connectivity index (χ2v) is 4.91.